The second kappa shape index (κ2) is 12.2. The van der Waals surface area contributed by atoms with Gasteiger partial charge in [0, 0.05) is 19.7 Å². The Morgan fingerprint density at radius 2 is 1.60 bits per heavy atom. The van der Waals surface area contributed by atoms with Crippen LogP contribution in [-0.2, 0) is 9.53 Å². The number of halogens is 7. The lowest BCUT2D eigenvalue weighted by molar-refractivity contribution is -0.312. The summed E-state index contributed by atoms with van der Waals surface area (Å²) < 4.78 is 97.4. The lowest BCUT2D eigenvalue weighted by atomic mass is 9.82. The molecule has 1 aliphatic rings. The molecule has 0 radical (unpaired) electrons. The molecule has 1 unspecified atom stereocenters. The third-order valence-corrected chi connectivity index (χ3v) is 5.45. The molecule has 2 aromatic rings. The number of carboxylic acid groups (broad SMARTS) is 1. The van der Waals surface area contributed by atoms with E-state index in [2.05, 4.69) is 4.74 Å². The molecule has 1 fully saturated rings. The van der Waals surface area contributed by atoms with Crippen LogP contribution >= 0.6 is 0 Å². The molecular weight excluding hydrogens is 485 g/mol. The summed E-state index contributed by atoms with van der Waals surface area (Å²) in [6.45, 7) is 0.764. The Labute approximate surface area is 197 Å². The summed E-state index contributed by atoms with van der Waals surface area (Å²) in [7, 11) is 1.69. The Balaban J connectivity index is 0.000000303. The van der Waals surface area contributed by atoms with Gasteiger partial charge in [0.25, 0.3) is 6.17 Å². The van der Waals surface area contributed by atoms with Gasteiger partial charge in [0.1, 0.15) is 0 Å². The molecule has 0 heterocycles. The zero-order valence-corrected chi connectivity index (χ0v) is 18.7. The molecule has 3 rings (SSSR count). The number of hydrogen-bond donors (Lipinski definition) is 0. The van der Waals surface area contributed by atoms with E-state index in [1.165, 1.54) is 6.07 Å². The highest BCUT2D eigenvalue weighted by Crippen LogP contribution is 2.37. The maximum atomic E-state index is 13.8. The molecule has 0 saturated heterocycles. The fraction of sp³-hybridized carbons (Fsp3) is 0.458. The number of benzene rings is 2. The van der Waals surface area contributed by atoms with Crippen molar-refractivity contribution in [1.82, 2.24) is 0 Å². The van der Waals surface area contributed by atoms with E-state index in [1.807, 2.05) is 0 Å². The molecule has 1 aliphatic carbocycles. The lowest BCUT2D eigenvalue weighted by Crippen LogP contribution is -2.45. The molecule has 194 valence electrons. The molecule has 0 bridgehead atoms. The Hall–Kier alpha value is -2.82. The van der Waals surface area contributed by atoms with Crippen molar-refractivity contribution in [2.24, 2.45) is 11.8 Å². The number of aliphatic carboxylic acids is 1. The van der Waals surface area contributed by atoms with Crippen LogP contribution in [0.15, 0.2) is 48.5 Å². The normalized spacial score (nSPS) is 19.3. The van der Waals surface area contributed by atoms with E-state index in [-0.39, 0.29) is 5.92 Å². The van der Waals surface area contributed by atoms with Crippen molar-refractivity contribution in [3.8, 4) is 16.9 Å². The monoisotopic (exact) mass is 509 g/mol. The summed E-state index contributed by atoms with van der Waals surface area (Å²) in [6.07, 6.45) is -12.2. The van der Waals surface area contributed by atoms with Crippen LogP contribution < -0.4 is 9.84 Å². The average Bonchev–Trinajstić information content (AvgIpc) is 2.81. The van der Waals surface area contributed by atoms with Crippen LogP contribution in [0.1, 0.15) is 25.7 Å². The molecule has 1 saturated carbocycles. The largest absolute Gasteiger partial charge is 0.550 e. The number of carbonyl (C=O) groups is 1. The van der Waals surface area contributed by atoms with E-state index in [0.717, 1.165) is 38.4 Å². The van der Waals surface area contributed by atoms with Crippen molar-refractivity contribution in [3.05, 3.63) is 54.3 Å². The summed E-state index contributed by atoms with van der Waals surface area (Å²) in [5.74, 6) is -3.04. The predicted molar refractivity (Wildman–Crippen MR) is 111 cm³/mol. The molecule has 11 heteroatoms. The number of carboxylic acids is 1. The van der Waals surface area contributed by atoms with E-state index in [0.29, 0.717) is 23.1 Å². The molecule has 0 spiro atoms. The molecule has 35 heavy (non-hydrogen) atoms. The van der Waals surface area contributed by atoms with Crippen LogP contribution in [0.4, 0.5) is 30.7 Å². The number of methoxy groups -OCH3 is 1. The van der Waals surface area contributed by atoms with Crippen LogP contribution in [0.2, 0.25) is 0 Å². The van der Waals surface area contributed by atoms with E-state index < -0.39 is 36.0 Å². The molecule has 0 N–H and O–H groups in total. The SMILES string of the molecule is COCC1CCC(C(=O)[O-])CC1.Fc1cc(-c2ccccc2)ccc1OC(F)(F)C(F)C(F)(F)F. The van der Waals surface area contributed by atoms with Gasteiger partial charge in [0.15, 0.2) is 11.6 Å². The standard InChI is InChI=1S/C15H9F7O.C9H16O3/c16-11-8-10(9-4-2-1-3-5-9)6-7-12(11)23-15(21,22)13(17)14(18,19)20;1-12-6-7-2-4-8(5-3-7)9(10)11/h1-8,13H;7-8H,2-6H2,1H3,(H,10,11)/p-1. The molecule has 0 aliphatic heterocycles. The Morgan fingerprint density at radius 1 is 1.00 bits per heavy atom. The molecule has 0 aromatic heterocycles. The summed E-state index contributed by atoms with van der Waals surface area (Å²) in [5, 5.41) is 10.5. The van der Waals surface area contributed by atoms with Crippen molar-refractivity contribution in [1.29, 1.82) is 0 Å². The summed E-state index contributed by atoms with van der Waals surface area (Å²) in [5.41, 5.74) is 0.856. The zero-order chi connectivity index (χ0) is 26.2. The quantitative estimate of drug-likeness (QED) is 0.459. The fourth-order valence-electron chi connectivity index (χ4n) is 3.58. The van der Waals surface area contributed by atoms with Gasteiger partial charge in [-0.05, 0) is 60.8 Å². The highest BCUT2D eigenvalue weighted by atomic mass is 19.4. The van der Waals surface area contributed by atoms with Crippen molar-refractivity contribution < 1.29 is 50.1 Å². The van der Waals surface area contributed by atoms with E-state index >= 15 is 0 Å². The van der Waals surface area contributed by atoms with Crippen LogP contribution in [0.5, 0.6) is 5.75 Å². The highest BCUT2D eigenvalue weighted by molar-refractivity contribution is 5.67. The Kier molecular flexibility index (Phi) is 9.93. The number of carbonyl (C=O) groups excluding carboxylic acids is 1. The maximum absolute atomic E-state index is 13.8. The third-order valence-electron chi connectivity index (χ3n) is 5.45. The van der Waals surface area contributed by atoms with E-state index in [4.69, 9.17) is 4.74 Å². The lowest BCUT2D eigenvalue weighted by Gasteiger charge is -2.28. The predicted octanol–water partition coefficient (Wildman–Crippen LogP) is 5.55. The number of ether oxygens (including phenoxy) is 2. The number of alkyl halides is 6. The summed E-state index contributed by atoms with van der Waals surface area (Å²) in [6, 6.07) is 10.9. The summed E-state index contributed by atoms with van der Waals surface area (Å²) in [4.78, 5) is 10.5. The first kappa shape index (κ1) is 28.4. The van der Waals surface area contributed by atoms with E-state index in [9.17, 15) is 40.6 Å². The van der Waals surface area contributed by atoms with Crippen molar-refractivity contribution in [2.75, 3.05) is 13.7 Å². The Morgan fingerprint density at radius 3 is 2.09 bits per heavy atom. The first-order chi connectivity index (χ1) is 16.3. The van der Waals surface area contributed by atoms with Gasteiger partial charge in [-0.1, -0.05) is 36.4 Å². The van der Waals surface area contributed by atoms with Gasteiger partial charge < -0.3 is 19.4 Å². The van der Waals surface area contributed by atoms with Gasteiger partial charge in [-0.3, -0.25) is 0 Å². The van der Waals surface area contributed by atoms with Gasteiger partial charge in [0.2, 0.25) is 0 Å². The van der Waals surface area contributed by atoms with Crippen molar-refractivity contribution in [3.63, 3.8) is 0 Å². The van der Waals surface area contributed by atoms with E-state index in [1.54, 1.807) is 37.4 Å². The Bertz CT molecular complexity index is 943. The summed E-state index contributed by atoms with van der Waals surface area (Å²) >= 11 is 0. The highest BCUT2D eigenvalue weighted by Gasteiger charge is 2.59. The first-order valence-electron chi connectivity index (χ1n) is 10.7. The van der Waals surface area contributed by atoms with Crippen LogP contribution in [0, 0.1) is 17.7 Å². The molecular formula is C24H24F7O4-. The smallest absolute Gasteiger partial charge is 0.439 e. The molecule has 4 nitrogen and oxygen atoms in total. The third kappa shape index (κ3) is 8.41. The van der Waals surface area contributed by atoms with Crippen molar-refractivity contribution >= 4 is 5.97 Å². The molecule has 0 amide bonds. The molecule has 2 aromatic carbocycles. The van der Waals surface area contributed by atoms with Gasteiger partial charge in [-0.25, -0.2) is 8.78 Å². The fourth-order valence-corrected chi connectivity index (χ4v) is 3.58. The van der Waals surface area contributed by atoms with Crippen LogP contribution in [0.3, 0.4) is 0 Å². The van der Waals surface area contributed by atoms with Gasteiger partial charge in [0.05, 0.1) is 0 Å². The minimum atomic E-state index is -5.83. The maximum Gasteiger partial charge on any atom is 0.439 e. The van der Waals surface area contributed by atoms with Crippen LogP contribution in [0.25, 0.3) is 11.1 Å². The second-order valence-electron chi connectivity index (χ2n) is 8.07. The minimum absolute atomic E-state index is 0.210. The van der Waals surface area contributed by atoms with Gasteiger partial charge in [-0.15, -0.1) is 0 Å². The molecule has 1 atom stereocenters. The minimum Gasteiger partial charge on any atom is -0.550 e. The zero-order valence-electron chi connectivity index (χ0n) is 18.7. The topological polar surface area (TPSA) is 58.6 Å². The van der Waals surface area contributed by atoms with Gasteiger partial charge in [-0.2, -0.15) is 22.0 Å². The average molecular weight is 509 g/mol. The second-order valence-corrected chi connectivity index (χ2v) is 8.07. The van der Waals surface area contributed by atoms with Crippen LogP contribution in [-0.4, -0.2) is 38.1 Å². The first-order valence-corrected chi connectivity index (χ1v) is 10.7. The number of hydrogen-bond acceptors (Lipinski definition) is 4. The number of rotatable bonds is 7. The van der Waals surface area contributed by atoms with Crippen molar-refractivity contribution in [2.45, 2.75) is 44.1 Å². The van der Waals surface area contributed by atoms with Gasteiger partial charge >= 0.3 is 12.3 Å².